The number of hydrogen-bond acceptors (Lipinski definition) is 5. The van der Waals surface area contributed by atoms with Crippen LogP contribution in [0.2, 0.25) is 0 Å². The largest absolute Gasteiger partial charge is 0.497 e. The zero-order valence-corrected chi connectivity index (χ0v) is 16.9. The van der Waals surface area contributed by atoms with Gasteiger partial charge in [-0.05, 0) is 68.6 Å². The van der Waals surface area contributed by atoms with Gasteiger partial charge in [-0.3, -0.25) is 4.90 Å². The van der Waals surface area contributed by atoms with E-state index in [-0.39, 0.29) is 4.90 Å². The summed E-state index contributed by atoms with van der Waals surface area (Å²) < 4.78 is 32.8. The highest BCUT2D eigenvalue weighted by atomic mass is 32.2. The molecule has 0 spiro atoms. The number of likely N-dealkylation sites (tertiary alicyclic amines) is 1. The molecule has 0 saturated carbocycles. The monoisotopic (exact) mass is 394 g/mol. The zero-order chi connectivity index (χ0) is 18.6. The van der Waals surface area contributed by atoms with E-state index in [4.69, 9.17) is 4.74 Å². The molecule has 7 heteroatoms. The van der Waals surface area contributed by atoms with Crippen molar-refractivity contribution in [1.29, 1.82) is 0 Å². The van der Waals surface area contributed by atoms with Crippen molar-refractivity contribution in [1.82, 2.24) is 9.62 Å². The molecule has 1 atom stereocenters. The normalized spacial score (nSPS) is 18.8. The number of sulfonamides is 1. The van der Waals surface area contributed by atoms with Crippen molar-refractivity contribution in [3.8, 4) is 5.75 Å². The maximum absolute atomic E-state index is 12.5. The molecule has 1 aliphatic rings. The van der Waals surface area contributed by atoms with Gasteiger partial charge in [0, 0.05) is 29.4 Å². The summed E-state index contributed by atoms with van der Waals surface area (Å²) in [5, 5.41) is 0. The van der Waals surface area contributed by atoms with Gasteiger partial charge in [0.05, 0.1) is 12.0 Å². The molecule has 2 heterocycles. The third-order valence-electron chi connectivity index (χ3n) is 4.71. The van der Waals surface area contributed by atoms with E-state index in [1.807, 2.05) is 11.3 Å². The molecule has 26 heavy (non-hydrogen) atoms. The maximum Gasteiger partial charge on any atom is 0.240 e. The first-order valence-electron chi connectivity index (χ1n) is 8.87. The quantitative estimate of drug-likeness (QED) is 0.783. The molecule has 3 rings (SSSR count). The van der Waals surface area contributed by atoms with Crippen LogP contribution < -0.4 is 9.46 Å². The van der Waals surface area contributed by atoms with Crippen LogP contribution in [-0.4, -0.2) is 40.1 Å². The van der Waals surface area contributed by atoms with Gasteiger partial charge in [-0.15, -0.1) is 11.3 Å². The number of hydrogen-bond donors (Lipinski definition) is 1. The summed E-state index contributed by atoms with van der Waals surface area (Å²) in [6, 6.07) is 10.8. The highest BCUT2D eigenvalue weighted by Gasteiger charge is 2.23. The molecule has 0 aliphatic carbocycles. The number of nitrogens with one attached hydrogen (secondary N) is 1. The van der Waals surface area contributed by atoms with Crippen LogP contribution in [0.25, 0.3) is 0 Å². The SMILES string of the molecule is COc1ccc(S(=O)(=O)NC[C@H]2CCCN(Cc3ccc(C)s3)C2)cc1. The van der Waals surface area contributed by atoms with Gasteiger partial charge in [0.2, 0.25) is 10.0 Å². The molecule has 1 aromatic carbocycles. The van der Waals surface area contributed by atoms with Crippen LogP contribution in [0.1, 0.15) is 22.6 Å². The summed E-state index contributed by atoms with van der Waals surface area (Å²) in [7, 11) is -1.92. The Morgan fingerprint density at radius 2 is 2.00 bits per heavy atom. The number of benzene rings is 1. The lowest BCUT2D eigenvalue weighted by Gasteiger charge is -2.32. The Labute approximate surface area is 160 Å². The molecule has 1 fully saturated rings. The van der Waals surface area contributed by atoms with Gasteiger partial charge in [0.15, 0.2) is 0 Å². The molecular weight excluding hydrogens is 368 g/mol. The third-order valence-corrected chi connectivity index (χ3v) is 7.14. The number of piperidine rings is 1. The Hall–Kier alpha value is -1.41. The molecule has 142 valence electrons. The van der Waals surface area contributed by atoms with E-state index in [2.05, 4.69) is 28.7 Å². The second-order valence-corrected chi connectivity index (χ2v) is 9.92. The molecule has 0 amide bonds. The number of aryl methyl sites for hydroxylation is 1. The van der Waals surface area contributed by atoms with E-state index in [9.17, 15) is 8.42 Å². The zero-order valence-electron chi connectivity index (χ0n) is 15.3. The van der Waals surface area contributed by atoms with Gasteiger partial charge in [-0.2, -0.15) is 0 Å². The van der Waals surface area contributed by atoms with Gasteiger partial charge in [-0.1, -0.05) is 0 Å². The van der Waals surface area contributed by atoms with E-state index in [0.29, 0.717) is 18.2 Å². The number of rotatable bonds is 7. The lowest BCUT2D eigenvalue weighted by molar-refractivity contribution is 0.170. The minimum absolute atomic E-state index is 0.278. The topological polar surface area (TPSA) is 58.6 Å². The van der Waals surface area contributed by atoms with Crippen molar-refractivity contribution in [2.75, 3.05) is 26.7 Å². The van der Waals surface area contributed by atoms with Crippen molar-refractivity contribution in [3.63, 3.8) is 0 Å². The van der Waals surface area contributed by atoms with Crippen molar-refractivity contribution in [3.05, 3.63) is 46.2 Å². The Morgan fingerprint density at radius 1 is 1.23 bits per heavy atom. The predicted octanol–water partition coefficient (Wildman–Crippen LogP) is 3.26. The van der Waals surface area contributed by atoms with Crippen LogP contribution in [0.3, 0.4) is 0 Å². The molecule has 1 N–H and O–H groups in total. The summed E-state index contributed by atoms with van der Waals surface area (Å²) in [6.07, 6.45) is 2.17. The number of methoxy groups -OCH3 is 1. The fourth-order valence-corrected chi connectivity index (χ4v) is 5.37. The van der Waals surface area contributed by atoms with Gasteiger partial charge < -0.3 is 4.74 Å². The van der Waals surface area contributed by atoms with Crippen LogP contribution in [-0.2, 0) is 16.6 Å². The average molecular weight is 395 g/mol. The minimum atomic E-state index is -3.48. The van der Waals surface area contributed by atoms with Gasteiger partial charge in [-0.25, -0.2) is 13.1 Å². The first-order chi connectivity index (χ1) is 12.5. The summed E-state index contributed by atoms with van der Waals surface area (Å²) in [4.78, 5) is 5.42. The number of ether oxygens (including phenoxy) is 1. The summed E-state index contributed by atoms with van der Waals surface area (Å²) >= 11 is 1.84. The van der Waals surface area contributed by atoms with Crippen LogP contribution in [0, 0.1) is 12.8 Å². The smallest absolute Gasteiger partial charge is 0.240 e. The number of thiophene rings is 1. The fraction of sp³-hybridized carbons (Fsp3) is 0.474. The summed E-state index contributed by atoms with van der Waals surface area (Å²) in [6.45, 7) is 5.58. The highest BCUT2D eigenvalue weighted by Crippen LogP contribution is 2.22. The van der Waals surface area contributed by atoms with Crippen molar-refractivity contribution < 1.29 is 13.2 Å². The molecular formula is C19H26N2O3S2. The van der Waals surface area contributed by atoms with E-state index >= 15 is 0 Å². The van der Waals surface area contributed by atoms with Gasteiger partial charge in [0.1, 0.15) is 5.75 Å². The molecule has 0 bridgehead atoms. The van der Waals surface area contributed by atoms with E-state index in [1.54, 1.807) is 31.4 Å². The van der Waals surface area contributed by atoms with Crippen LogP contribution >= 0.6 is 11.3 Å². The summed E-state index contributed by atoms with van der Waals surface area (Å²) in [5.41, 5.74) is 0. The fourth-order valence-electron chi connectivity index (χ4n) is 3.32. The van der Waals surface area contributed by atoms with Crippen molar-refractivity contribution >= 4 is 21.4 Å². The Morgan fingerprint density at radius 3 is 2.65 bits per heavy atom. The lowest BCUT2D eigenvalue weighted by Crippen LogP contribution is -2.40. The second kappa shape index (κ2) is 8.52. The minimum Gasteiger partial charge on any atom is -0.497 e. The lowest BCUT2D eigenvalue weighted by atomic mass is 9.98. The van der Waals surface area contributed by atoms with Crippen LogP contribution in [0.4, 0.5) is 0 Å². The van der Waals surface area contributed by atoms with E-state index < -0.39 is 10.0 Å². The van der Waals surface area contributed by atoms with E-state index in [1.165, 1.54) is 9.75 Å². The molecule has 1 aliphatic heterocycles. The second-order valence-electron chi connectivity index (χ2n) is 6.78. The molecule has 0 radical (unpaired) electrons. The van der Waals surface area contributed by atoms with Crippen molar-refractivity contribution in [2.24, 2.45) is 5.92 Å². The average Bonchev–Trinajstić information content (AvgIpc) is 3.05. The third kappa shape index (κ3) is 5.07. The first-order valence-corrected chi connectivity index (χ1v) is 11.2. The number of nitrogens with zero attached hydrogens (tertiary/aromatic N) is 1. The highest BCUT2D eigenvalue weighted by molar-refractivity contribution is 7.89. The molecule has 1 aromatic heterocycles. The summed E-state index contributed by atoms with van der Waals surface area (Å²) in [5.74, 6) is 0.994. The van der Waals surface area contributed by atoms with Gasteiger partial charge in [0.25, 0.3) is 0 Å². The molecule has 5 nitrogen and oxygen atoms in total. The van der Waals surface area contributed by atoms with E-state index in [0.717, 1.165) is 32.5 Å². The van der Waals surface area contributed by atoms with Gasteiger partial charge >= 0.3 is 0 Å². The van der Waals surface area contributed by atoms with Crippen LogP contribution in [0.15, 0.2) is 41.3 Å². The Kier molecular flexibility index (Phi) is 6.34. The van der Waals surface area contributed by atoms with Crippen molar-refractivity contribution in [2.45, 2.75) is 31.2 Å². The molecule has 0 unspecified atom stereocenters. The molecule has 1 saturated heterocycles. The maximum atomic E-state index is 12.5. The van der Waals surface area contributed by atoms with Crippen LogP contribution in [0.5, 0.6) is 5.75 Å². The predicted molar refractivity (Wildman–Crippen MR) is 105 cm³/mol. The molecule has 2 aromatic rings. The Bertz CT molecular complexity index is 816. The standard InChI is InChI=1S/C19H26N2O3S2/c1-15-5-8-18(25-15)14-21-11-3-4-16(13-21)12-20-26(22,23)19-9-6-17(24-2)7-10-19/h5-10,16,20H,3-4,11-14H2,1-2H3/t16-/m1/s1. The Balaban J connectivity index is 1.54. The first kappa shape index (κ1) is 19.4.